The average Bonchev–Trinajstić information content (AvgIpc) is 3.34. The molecule has 1 N–H and O–H groups in total. The maximum Gasteiger partial charge on any atom is 0.303 e. The van der Waals surface area contributed by atoms with Gasteiger partial charge in [-0.1, -0.05) is 90.1 Å². The van der Waals surface area contributed by atoms with E-state index in [1.807, 2.05) is 52.0 Å². The van der Waals surface area contributed by atoms with E-state index in [0.717, 1.165) is 55.1 Å². The smallest absolute Gasteiger partial charge is 0.303 e. The number of alkyl halides is 3. The van der Waals surface area contributed by atoms with Crippen molar-refractivity contribution in [2.45, 2.75) is 179 Å². The fourth-order valence-corrected chi connectivity index (χ4v) is 17.1. The molecule has 77 heavy (non-hydrogen) atoms. The number of aromatic hydroxyl groups is 1. The number of hydrogen-bond donors (Lipinski definition) is 1. The topological polar surface area (TPSA) is 153 Å². The highest BCUT2D eigenvalue weighted by Gasteiger charge is 2.54. The van der Waals surface area contributed by atoms with Gasteiger partial charge in [0, 0.05) is 49.3 Å². The van der Waals surface area contributed by atoms with E-state index >= 15 is 0 Å². The zero-order valence-electron chi connectivity index (χ0n) is 46.0. The first-order chi connectivity index (χ1) is 36.2. The van der Waals surface area contributed by atoms with E-state index in [4.69, 9.17) is 79.6 Å². The fourth-order valence-electron chi connectivity index (χ4n) is 14.7. The van der Waals surface area contributed by atoms with Crippen molar-refractivity contribution in [3.8, 4) is 11.5 Å². The Bertz CT molecular complexity index is 2560. The van der Waals surface area contributed by atoms with E-state index in [2.05, 4.69) is 29.8 Å². The lowest BCUT2D eigenvalue weighted by Crippen LogP contribution is -2.54. The molecule has 2 aromatic carbocycles. The van der Waals surface area contributed by atoms with E-state index < -0.39 is 24.5 Å². The molecule has 0 aromatic heterocycles. The van der Waals surface area contributed by atoms with Crippen LogP contribution in [0.4, 0.5) is 0 Å². The molecule has 10 fully saturated rings. The standard InChI is InChI=1S/C30H38Cl2O6.C18H20Cl2O.C12H19BrO5/c1-15-16(2)28(36-19(5)34)29(38-26(15)14-35-18(4)33)37-25-10-21(6-7-24(25)31)17(3)27-22-8-20-9-23(27)13-30(32,11-20)12-22;1-10(12-2-3-15(19)16(21)6-12)17-13-4-11-5-14(17)9-18(20,7-11)8-13;1-6-7(2)11(17-9(4)15)12(13)18-10(6)5-16-8(3)14/h6-7,10,15-16,20,22-23,26,28-29H,8-9,11-14H2,1-5H3;2-3,6,11,13-14,21H,4-5,7-9H2,1H3;6-7,10-12H,5H2,1-4H3. The summed E-state index contributed by atoms with van der Waals surface area (Å²) in [6, 6.07) is 11.5. The van der Waals surface area contributed by atoms with Crippen molar-refractivity contribution in [1.29, 1.82) is 0 Å². The predicted molar refractivity (Wildman–Crippen MR) is 302 cm³/mol. The van der Waals surface area contributed by atoms with Crippen LogP contribution in [0, 0.1) is 59.2 Å². The Morgan fingerprint density at radius 3 is 1.43 bits per heavy atom. The highest BCUT2D eigenvalue weighted by atomic mass is 79.9. The molecule has 12 rings (SSSR count). The van der Waals surface area contributed by atoms with Gasteiger partial charge >= 0.3 is 23.9 Å². The average molecular weight is 1210 g/mol. The lowest BCUT2D eigenvalue weighted by molar-refractivity contribution is -0.253. The Morgan fingerprint density at radius 2 is 1.00 bits per heavy atom. The van der Waals surface area contributed by atoms with Crippen molar-refractivity contribution in [2.75, 3.05) is 13.2 Å². The number of carbonyl (C=O) groups is 4. The summed E-state index contributed by atoms with van der Waals surface area (Å²) in [6.07, 6.45) is 9.36. The van der Waals surface area contributed by atoms with E-state index in [9.17, 15) is 24.3 Å². The van der Waals surface area contributed by atoms with Gasteiger partial charge in [-0.25, -0.2) is 0 Å². The van der Waals surface area contributed by atoms with Crippen LogP contribution in [0.15, 0.2) is 47.5 Å². The first kappa shape index (κ1) is 60.1. The van der Waals surface area contributed by atoms with Gasteiger partial charge in [-0.15, -0.1) is 23.2 Å². The molecule has 0 spiro atoms. The van der Waals surface area contributed by atoms with Crippen LogP contribution in [0.1, 0.15) is 145 Å². The molecule has 10 aliphatic rings. The third kappa shape index (κ3) is 13.8. The molecule has 8 saturated carbocycles. The summed E-state index contributed by atoms with van der Waals surface area (Å²) in [6.45, 7) is 18.2. The molecule has 424 valence electrons. The minimum Gasteiger partial charge on any atom is -0.506 e. The predicted octanol–water partition coefficient (Wildman–Crippen LogP) is 14.3. The highest BCUT2D eigenvalue weighted by molar-refractivity contribution is 9.09. The van der Waals surface area contributed by atoms with E-state index in [1.54, 1.807) is 23.3 Å². The van der Waals surface area contributed by atoms with Gasteiger partial charge in [-0.2, -0.15) is 0 Å². The van der Waals surface area contributed by atoms with Crippen molar-refractivity contribution in [2.24, 2.45) is 59.2 Å². The number of benzene rings is 2. The van der Waals surface area contributed by atoms with Gasteiger partial charge < -0.3 is 38.3 Å². The first-order valence-electron chi connectivity index (χ1n) is 27.5. The summed E-state index contributed by atoms with van der Waals surface area (Å²) in [4.78, 5) is 45.3. The number of phenolic OH excluding ortho intramolecular Hbond substituents is 1. The van der Waals surface area contributed by atoms with Crippen molar-refractivity contribution in [3.63, 3.8) is 0 Å². The Labute approximate surface area is 483 Å². The number of carbonyl (C=O) groups excluding carboxylic acids is 4. The second-order valence-electron chi connectivity index (χ2n) is 23.8. The highest BCUT2D eigenvalue weighted by Crippen LogP contribution is 2.63. The minimum absolute atomic E-state index is 0.0188. The van der Waals surface area contributed by atoms with Gasteiger partial charge in [0.2, 0.25) is 6.29 Å². The van der Waals surface area contributed by atoms with Crippen LogP contribution in [0.3, 0.4) is 0 Å². The molecule has 0 amide bonds. The van der Waals surface area contributed by atoms with E-state index in [1.165, 1.54) is 70.9 Å². The SMILES string of the molecule is CC(=C1C2CC3CC1CC(Cl)(C3)C2)c1ccc(Cl)c(O)c1.CC(=O)OCC1OC(Br)C(OC(C)=O)C(C)C1C.CC(=O)OCC1OC(Oc2cc(C(C)=C3C4CC5CC3CC(Cl)(C5)C4)ccc2Cl)C(OC(C)=O)C(C)C1C. The summed E-state index contributed by atoms with van der Waals surface area (Å²) in [5, 5.41) is 10.3. The summed E-state index contributed by atoms with van der Waals surface area (Å²) in [5.74, 6) is 3.26. The maximum absolute atomic E-state index is 11.9. The van der Waals surface area contributed by atoms with Crippen molar-refractivity contribution in [3.05, 3.63) is 68.7 Å². The molecule has 2 heterocycles. The number of halogens is 5. The molecule has 14 atom stereocenters. The van der Waals surface area contributed by atoms with Gasteiger partial charge in [-0.3, -0.25) is 19.2 Å². The third-order valence-electron chi connectivity index (χ3n) is 18.4. The molecule has 8 aliphatic carbocycles. The largest absolute Gasteiger partial charge is 0.506 e. The summed E-state index contributed by atoms with van der Waals surface area (Å²) in [7, 11) is 0. The summed E-state index contributed by atoms with van der Waals surface area (Å²) in [5.41, 5.74) is 7.91. The number of phenols is 1. The zero-order valence-corrected chi connectivity index (χ0v) is 50.6. The van der Waals surface area contributed by atoms with Crippen LogP contribution in [0.5, 0.6) is 11.5 Å². The van der Waals surface area contributed by atoms with Crippen LogP contribution < -0.4 is 4.74 Å². The quantitative estimate of drug-likeness (QED) is 0.137. The first-order valence-corrected chi connectivity index (χ1v) is 29.9. The molecule has 2 saturated heterocycles. The van der Waals surface area contributed by atoms with Crippen LogP contribution in [-0.2, 0) is 47.6 Å². The Balaban J connectivity index is 0.000000169. The Hall–Kier alpha value is -3.04. The van der Waals surface area contributed by atoms with Crippen LogP contribution in [-0.4, -0.2) is 87.7 Å². The lowest BCUT2D eigenvalue weighted by Gasteiger charge is -2.56. The monoisotopic (exact) mass is 1210 g/mol. The number of rotatable bonds is 10. The summed E-state index contributed by atoms with van der Waals surface area (Å²) < 4.78 is 39.4. The molecular formula is C60H77BrCl4O12. The maximum atomic E-state index is 11.9. The zero-order chi connectivity index (χ0) is 56.0. The number of allylic oxidation sites excluding steroid dienone is 4. The van der Waals surface area contributed by atoms with Gasteiger partial charge in [0.15, 0.2) is 6.10 Å². The third-order valence-corrected chi connectivity index (χ3v) is 20.6. The second-order valence-corrected chi connectivity index (χ2v) is 27.2. The Morgan fingerprint density at radius 1 is 0.584 bits per heavy atom. The van der Waals surface area contributed by atoms with Crippen LogP contribution in [0.25, 0.3) is 11.1 Å². The second kappa shape index (κ2) is 24.6. The molecule has 8 bridgehead atoms. The molecule has 17 heteroatoms. The normalized spacial score (nSPS) is 37.1. The minimum atomic E-state index is -0.899. The Kier molecular flexibility index (Phi) is 19.2. The van der Waals surface area contributed by atoms with E-state index in [-0.39, 0.29) is 87.5 Å². The van der Waals surface area contributed by atoms with Crippen molar-refractivity contribution < 1.29 is 57.4 Å². The molecule has 0 radical (unpaired) electrons. The van der Waals surface area contributed by atoms with E-state index in [0.29, 0.717) is 39.5 Å². The van der Waals surface area contributed by atoms with Crippen LogP contribution in [0.2, 0.25) is 10.0 Å². The number of esters is 4. The number of ether oxygens (including phenoxy) is 7. The van der Waals surface area contributed by atoms with Gasteiger partial charge in [0.25, 0.3) is 0 Å². The molecule has 14 unspecified atom stereocenters. The van der Waals surface area contributed by atoms with Gasteiger partial charge in [0.1, 0.15) is 35.8 Å². The fraction of sp³-hybridized carbons (Fsp3) is 0.667. The van der Waals surface area contributed by atoms with Crippen molar-refractivity contribution >= 4 is 97.4 Å². The number of hydrogen-bond acceptors (Lipinski definition) is 12. The molecule has 2 aromatic rings. The van der Waals surface area contributed by atoms with Gasteiger partial charge in [0.05, 0.1) is 22.3 Å². The lowest BCUT2D eigenvalue weighted by atomic mass is 9.53. The van der Waals surface area contributed by atoms with Crippen LogP contribution >= 0.6 is 62.3 Å². The molecule has 2 aliphatic heterocycles. The molecule has 12 nitrogen and oxygen atoms in total. The van der Waals surface area contributed by atoms with Gasteiger partial charge in [-0.05, 0) is 172 Å². The summed E-state index contributed by atoms with van der Waals surface area (Å²) >= 11 is 29.7. The molecular weight excluding hydrogens is 1130 g/mol. The van der Waals surface area contributed by atoms with Crippen molar-refractivity contribution in [1.82, 2.24) is 0 Å².